The monoisotopic (exact) mass is 343 g/mol. The number of benzene rings is 2. The van der Waals surface area contributed by atoms with Gasteiger partial charge in [0.1, 0.15) is 17.5 Å². The molecule has 0 aliphatic heterocycles. The fraction of sp³-hybridized carbons (Fsp3) is 0.200. The number of halogens is 4. The highest BCUT2D eigenvalue weighted by atomic mass is 79.9. The van der Waals surface area contributed by atoms with E-state index in [-0.39, 0.29) is 15.6 Å². The predicted octanol–water partition coefficient (Wildman–Crippen LogP) is 4.48. The van der Waals surface area contributed by atoms with Gasteiger partial charge >= 0.3 is 0 Å². The van der Waals surface area contributed by atoms with Crippen molar-refractivity contribution in [3.05, 3.63) is 68.9 Å². The number of nitrogens with one attached hydrogen (secondary N) is 1. The molecule has 2 aromatic carbocycles. The summed E-state index contributed by atoms with van der Waals surface area (Å²) in [4.78, 5) is 0. The van der Waals surface area contributed by atoms with Crippen LogP contribution in [0.15, 0.2) is 34.8 Å². The molecule has 0 fully saturated rings. The normalized spacial score (nSPS) is 12.5. The van der Waals surface area contributed by atoms with Crippen molar-refractivity contribution in [2.75, 3.05) is 7.05 Å². The number of aryl methyl sites for hydroxylation is 1. The second-order valence-corrected chi connectivity index (χ2v) is 5.39. The van der Waals surface area contributed by atoms with Gasteiger partial charge in [0.2, 0.25) is 0 Å². The first kappa shape index (κ1) is 15.1. The van der Waals surface area contributed by atoms with Gasteiger partial charge in [-0.05, 0) is 48.1 Å². The summed E-state index contributed by atoms with van der Waals surface area (Å²) in [6, 6.07) is 5.94. The molecule has 5 heteroatoms. The van der Waals surface area contributed by atoms with Gasteiger partial charge in [0.25, 0.3) is 0 Å². The third kappa shape index (κ3) is 2.88. The molecule has 1 nitrogen and oxygen atoms in total. The third-order valence-electron chi connectivity index (χ3n) is 3.10. The van der Waals surface area contributed by atoms with Gasteiger partial charge in [-0.25, -0.2) is 13.2 Å². The predicted molar refractivity (Wildman–Crippen MR) is 76.1 cm³/mol. The Hall–Kier alpha value is -1.33. The summed E-state index contributed by atoms with van der Waals surface area (Å²) in [7, 11) is 1.58. The standard InChI is InChI=1S/C15H13BrF3N/c1-8-3-4-12(17)9(5-8)15(20-2)10-6-14(19)11(16)7-13(10)18/h3-7,15,20H,1-2H3. The van der Waals surface area contributed by atoms with Crippen molar-refractivity contribution >= 4 is 15.9 Å². The van der Waals surface area contributed by atoms with Crippen LogP contribution >= 0.6 is 15.9 Å². The molecule has 1 unspecified atom stereocenters. The van der Waals surface area contributed by atoms with E-state index in [1.54, 1.807) is 19.2 Å². The van der Waals surface area contributed by atoms with Crippen molar-refractivity contribution in [1.29, 1.82) is 0 Å². The van der Waals surface area contributed by atoms with Gasteiger partial charge in [0, 0.05) is 11.1 Å². The van der Waals surface area contributed by atoms with Crippen LogP contribution in [0.4, 0.5) is 13.2 Å². The van der Waals surface area contributed by atoms with E-state index in [1.165, 1.54) is 6.07 Å². The summed E-state index contributed by atoms with van der Waals surface area (Å²) in [6.45, 7) is 1.81. The van der Waals surface area contributed by atoms with Gasteiger partial charge < -0.3 is 5.32 Å². The van der Waals surface area contributed by atoms with Gasteiger partial charge in [0.05, 0.1) is 10.5 Å². The Balaban J connectivity index is 2.58. The first-order valence-electron chi connectivity index (χ1n) is 6.01. The summed E-state index contributed by atoms with van der Waals surface area (Å²) >= 11 is 2.92. The van der Waals surface area contributed by atoms with Crippen molar-refractivity contribution in [2.45, 2.75) is 13.0 Å². The minimum Gasteiger partial charge on any atom is -0.309 e. The largest absolute Gasteiger partial charge is 0.309 e. The molecule has 0 saturated heterocycles. The van der Waals surface area contributed by atoms with Crippen molar-refractivity contribution in [3.63, 3.8) is 0 Å². The lowest BCUT2D eigenvalue weighted by Crippen LogP contribution is -2.20. The van der Waals surface area contributed by atoms with Crippen LogP contribution in [0.25, 0.3) is 0 Å². The molecule has 20 heavy (non-hydrogen) atoms. The quantitative estimate of drug-likeness (QED) is 0.810. The van der Waals surface area contributed by atoms with Crippen molar-refractivity contribution in [1.82, 2.24) is 5.32 Å². The Morgan fingerprint density at radius 2 is 1.60 bits per heavy atom. The van der Waals surface area contributed by atoms with Crippen LogP contribution in [0, 0.1) is 24.4 Å². The number of hydrogen-bond donors (Lipinski definition) is 1. The second kappa shape index (κ2) is 5.97. The molecule has 0 aromatic heterocycles. The lowest BCUT2D eigenvalue weighted by molar-refractivity contribution is 0.535. The van der Waals surface area contributed by atoms with Gasteiger partial charge in [0.15, 0.2) is 0 Å². The molecule has 1 N–H and O–H groups in total. The van der Waals surface area contributed by atoms with Crippen molar-refractivity contribution in [2.24, 2.45) is 0 Å². The van der Waals surface area contributed by atoms with Crippen LogP contribution in [0.2, 0.25) is 0 Å². The first-order valence-corrected chi connectivity index (χ1v) is 6.81. The molecule has 0 bridgehead atoms. The van der Waals surface area contributed by atoms with Crippen molar-refractivity contribution in [3.8, 4) is 0 Å². The fourth-order valence-electron chi connectivity index (χ4n) is 2.12. The van der Waals surface area contributed by atoms with E-state index in [1.807, 2.05) is 6.92 Å². The van der Waals surface area contributed by atoms with Gasteiger partial charge in [-0.15, -0.1) is 0 Å². The Kier molecular flexibility index (Phi) is 4.50. The van der Waals surface area contributed by atoms with E-state index >= 15 is 0 Å². The zero-order chi connectivity index (χ0) is 14.9. The molecule has 0 heterocycles. The summed E-state index contributed by atoms with van der Waals surface area (Å²) in [5.74, 6) is -1.65. The molecule has 1 atom stereocenters. The molecular weight excluding hydrogens is 331 g/mol. The SMILES string of the molecule is CNC(c1cc(C)ccc1F)c1cc(F)c(Br)cc1F. The lowest BCUT2D eigenvalue weighted by Gasteiger charge is -2.19. The maximum Gasteiger partial charge on any atom is 0.137 e. The van der Waals surface area contributed by atoms with Crippen LogP contribution in [0.3, 0.4) is 0 Å². The van der Waals surface area contributed by atoms with Crippen LogP contribution in [0.1, 0.15) is 22.7 Å². The van der Waals surface area contributed by atoms with E-state index in [4.69, 9.17) is 0 Å². The molecule has 0 spiro atoms. The van der Waals surface area contributed by atoms with E-state index in [2.05, 4.69) is 21.2 Å². The third-order valence-corrected chi connectivity index (χ3v) is 3.71. The molecule has 0 radical (unpaired) electrons. The second-order valence-electron chi connectivity index (χ2n) is 4.53. The van der Waals surface area contributed by atoms with Crippen LogP contribution in [0.5, 0.6) is 0 Å². The maximum atomic E-state index is 14.0. The Labute approximate surface area is 123 Å². The number of hydrogen-bond acceptors (Lipinski definition) is 1. The lowest BCUT2D eigenvalue weighted by atomic mass is 9.96. The molecule has 0 aliphatic carbocycles. The van der Waals surface area contributed by atoms with Crippen LogP contribution in [-0.4, -0.2) is 7.05 Å². The highest BCUT2D eigenvalue weighted by Gasteiger charge is 2.21. The van der Waals surface area contributed by atoms with Crippen LogP contribution < -0.4 is 5.32 Å². The minimum absolute atomic E-state index is 0.0401. The molecular formula is C15H13BrF3N. The molecule has 0 saturated carbocycles. The Morgan fingerprint density at radius 3 is 2.25 bits per heavy atom. The molecule has 0 aliphatic rings. The van der Waals surface area contributed by atoms with E-state index < -0.39 is 23.5 Å². The molecule has 2 rings (SSSR count). The summed E-state index contributed by atoms with van der Waals surface area (Å²) < 4.78 is 41.6. The molecule has 0 amide bonds. The zero-order valence-corrected chi connectivity index (χ0v) is 12.6. The van der Waals surface area contributed by atoms with E-state index in [0.717, 1.165) is 17.7 Å². The van der Waals surface area contributed by atoms with Crippen molar-refractivity contribution < 1.29 is 13.2 Å². The average Bonchev–Trinajstić information content (AvgIpc) is 2.40. The average molecular weight is 344 g/mol. The summed E-state index contributed by atoms with van der Waals surface area (Å²) in [6.07, 6.45) is 0. The fourth-order valence-corrected chi connectivity index (χ4v) is 2.44. The summed E-state index contributed by atoms with van der Waals surface area (Å²) in [5, 5.41) is 2.83. The minimum atomic E-state index is -0.752. The zero-order valence-electron chi connectivity index (χ0n) is 11.0. The highest BCUT2D eigenvalue weighted by Crippen LogP contribution is 2.30. The first-order chi connectivity index (χ1) is 9.43. The van der Waals surface area contributed by atoms with E-state index in [9.17, 15) is 13.2 Å². The van der Waals surface area contributed by atoms with Gasteiger partial charge in [-0.3, -0.25) is 0 Å². The maximum absolute atomic E-state index is 14.0. The Morgan fingerprint density at radius 1 is 0.950 bits per heavy atom. The highest BCUT2D eigenvalue weighted by molar-refractivity contribution is 9.10. The van der Waals surface area contributed by atoms with Gasteiger partial charge in [-0.1, -0.05) is 17.7 Å². The molecule has 106 valence electrons. The van der Waals surface area contributed by atoms with E-state index in [0.29, 0.717) is 0 Å². The van der Waals surface area contributed by atoms with Crippen LogP contribution in [-0.2, 0) is 0 Å². The van der Waals surface area contributed by atoms with Gasteiger partial charge in [-0.2, -0.15) is 0 Å². The molecule has 2 aromatic rings. The topological polar surface area (TPSA) is 12.0 Å². The summed E-state index contributed by atoms with van der Waals surface area (Å²) in [5.41, 5.74) is 1.20. The smallest absolute Gasteiger partial charge is 0.137 e. The Bertz CT molecular complexity index is 643. The number of rotatable bonds is 3.